The normalized spacial score (nSPS) is 10.9. The molecule has 0 spiro atoms. The van der Waals surface area contributed by atoms with E-state index >= 15 is 0 Å². The van der Waals surface area contributed by atoms with E-state index in [1.54, 1.807) is 11.8 Å². The Labute approximate surface area is 146 Å². The van der Waals surface area contributed by atoms with Crippen LogP contribution in [0.5, 0.6) is 0 Å². The smallest absolute Gasteiger partial charge is 0.260 e. The molecule has 2 heterocycles. The van der Waals surface area contributed by atoms with Gasteiger partial charge in [0, 0.05) is 0 Å². The quantitative estimate of drug-likeness (QED) is 0.700. The molecule has 3 aromatic rings. The van der Waals surface area contributed by atoms with Gasteiger partial charge in [0.25, 0.3) is 5.91 Å². The van der Waals surface area contributed by atoms with Crippen molar-refractivity contribution in [2.45, 2.75) is 12.3 Å². The number of hydrogen-bond donors (Lipinski definition) is 2. The summed E-state index contributed by atoms with van der Waals surface area (Å²) in [6.07, 6.45) is 3.35. The third kappa shape index (κ3) is 3.41. The number of primary amides is 1. The predicted molar refractivity (Wildman–Crippen MR) is 96.2 cm³/mol. The van der Waals surface area contributed by atoms with Gasteiger partial charge in [-0.05, 0) is 18.4 Å². The van der Waals surface area contributed by atoms with Crippen molar-refractivity contribution in [3.8, 4) is 0 Å². The maximum absolute atomic E-state index is 12.3. The van der Waals surface area contributed by atoms with Crippen molar-refractivity contribution in [2.75, 3.05) is 11.6 Å². The molecule has 124 valence electrons. The fraction of sp³-hybridized carbons (Fsp3) is 0.200. The molecule has 3 rings (SSSR count). The predicted octanol–water partition coefficient (Wildman–Crippen LogP) is 2.09. The van der Waals surface area contributed by atoms with Crippen LogP contribution in [0.15, 0.2) is 30.5 Å². The fourth-order valence-corrected chi connectivity index (χ4v) is 3.45. The molecule has 0 bridgehead atoms. The van der Waals surface area contributed by atoms with Gasteiger partial charge in [-0.15, -0.1) is 0 Å². The van der Waals surface area contributed by atoms with Crippen LogP contribution >= 0.6 is 23.1 Å². The van der Waals surface area contributed by atoms with Crippen LogP contribution in [0.1, 0.15) is 15.5 Å². The number of imidazole rings is 1. The van der Waals surface area contributed by atoms with Crippen LogP contribution in [0.25, 0.3) is 11.0 Å². The minimum atomic E-state index is -0.559. The SMILES string of the molecule is CSCc1nc2ccccc2n1CC(=O)Nc1ncc(C(N)=O)s1. The maximum atomic E-state index is 12.3. The highest BCUT2D eigenvalue weighted by Gasteiger charge is 2.15. The lowest BCUT2D eigenvalue weighted by Gasteiger charge is -2.08. The number of nitrogens with two attached hydrogens (primary N) is 1. The second-order valence-corrected chi connectivity index (χ2v) is 6.87. The minimum Gasteiger partial charge on any atom is -0.365 e. The van der Waals surface area contributed by atoms with Crippen molar-refractivity contribution >= 4 is 51.1 Å². The Hall–Kier alpha value is -2.39. The number of para-hydroxylation sites is 2. The Kier molecular flexibility index (Phi) is 4.81. The number of fused-ring (bicyclic) bond motifs is 1. The molecule has 0 aliphatic rings. The van der Waals surface area contributed by atoms with E-state index in [1.165, 1.54) is 6.20 Å². The van der Waals surface area contributed by atoms with Gasteiger partial charge >= 0.3 is 0 Å². The van der Waals surface area contributed by atoms with Crippen LogP contribution in [-0.4, -0.2) is 32.6 Å². The van der Waals surface area contributed by atoms with Gasteiger partial charge in [-0.3, -0.25) is 9.59 Å². The van der Waals surface area contributed by atoms with Gasteiger partial charge in [0.2, 0.25) is 5.91 Å². The lowest BCUT2D eigenvalue weighted by molar-refractivity contribution is -0.116. The van der Waals surface area contributed by atoms with Crippen molar-refractivity contribution in [2.24, 2.45) is 5.73 Å². The molecule has 24 heavy (non-hydrogen) atoms. The summed E-state index contributed by atoms with van der Waals surface area (Å²) in [6.45, 7) is 0.127. The van der Waals surface area contributed by atoms with Gasteiger partial charge in [0.15, 0.2) is 5.13 Å². The number of rotatable bonds is 6. The van der Waals surface area contributed by atoms with Gasteiger partial charge in [-0.25, -0.2) is 9.97 Å². The molecule has 2 amide bonds. The molecule has 0 radical (unpaired) electrons. The highest BCUT2D eigenvalue weighted by molar-refractivity contribution is 7.97. The zero-order valence-electron chi connectivity index (χ0n) is 12.9. The number of carbonyl (C=O) groups is 2. The lowest BCUT2D eigenvalue weighted by Crippen LogP contribution is -2.20. The highest BCUT2D eigenvalue weighted by atomic mass is 32.2. The van der Waals surface area contributed by atoms with E-state index in [4.69, 9.17) is 5.73 Å². The van der Waals surface area contributed by atoms with Crippen LogP contribution < -0.4 is 11.1 Å². The Bertz CT molecular complexity index is 902. The molecule has 7 nitrogen and oxygen atoms in total. The van der Waals surface area contributed by atoms with Gasteiger partial charge in [-0.1, -0.05) is 23.5 Å². The summed E-state index contributed by atoms with van der Waals surface area (Å²) in [5, 5.41) is 3.05. The average molecular weight is 361 g/mol. The third-order valence-corrected chi connectivity index (χ3v) is 4.78. The monoisotopic (exact) mass is 361 g/mol. The van der Waals surface area contributed by atoms with Crippen LogP contribution in [0, 0.1) is 0 Å². The standard InChI is InChI=1S/C15H15N5O2S2/c1-23-8-12-18-9-4-2-3-5-10(9)20(12)7-13(21)19-15-17-6-11(24-15)14(16)22/h2-6H,7-8H2,1H3,(H2,16,22)(H,17,19,21). The summed E-state index contributed by atoms with van der Waals surface area (Å²) in [6, 6.07) is 7.70. The van der Waals surface area contributed by atoms with Gasteiger partial charge < -0.3 is 15.6 Å². The number of thioether (sulfide) groups is 1. The molecular formula is C15H15N5O2S2. The Balaban J connectivity index is 1.81. The largest absolute Gasteiger partial charge is 0.365 e. The molecule has 1 aromatic carbocycles. The molecule has 2 aromatic heterocycles. The second-order valence-electron chi connectivity index (χ2n) is 4.98. The van der Waals surface area contributed by atoms with Gasteiger partial charge in [0.1, 0.15) is 17.2 Å². The van der Waals surface area contributed by atoms with Gasteiger partial charge in [-0.2, -0.15) is 11.8 Å². The molecule has 0 unspecified atom stereocenters. The zero-order chi connectivity index (χ0) is 17.1. The molecule has 0 aliphatic carbocycles. The summed E-state index contributed by atoms with van der Waals surface area (Å²) in [5.41, 5.74) is 6.96. The number of thiazole rings is 1. The Morgan fingerprint density at radius 2 is 2.17 bits per heavy atom. The van der Waals surface area contributed by atoms with Crippen LogP contribution in [0.4, 0.5) is 5.13 Å². The number of amides is 2. The fourth-order valence-electron chi connectivity index (χ4n) is 2.29. The highest BCUT2D eigenvalue weighted by Crippen LogP contribution is 2.20. The van der Waals surface area contributed by atoms with E-state index in [1.807, 2.05) is 35.1 Å². The van der Waals surface area contributed by atoms with Crippen LogP contribution in [0.3, 0.4) is 0 Å². The number of aromatic nitrogens is 3. The zero-order valence-corrected chi connectivity index (χ0v) is 14.5. The van der Waals surface area contributed by atoms with Crippen LogP contribution in [0.2, 0.25) is 0 Å². The summed E-state index contributed by atoms with van der Waals surface area (Å²) in [5.74, 6) is 0.767. The van der Waals surface area contributed by atoms with E-state index < -0.39 is 5.91 Å². The summed E-state index contributed by atoms with van der Waals surface area (Å²) in [7, 11) is 0. The molecule has 0 aliphatic heterocycles. The first-order valence-electron chi connectivity index (χ1n) is 7.07. The molecule has 0 saturated carbocycles. The van der Waals surface area contributed by atoms with Crippen LogP contribution in [-0.2, 0) is 17.1 Å². The third-order valence-electron chi connectivity index (χ3n) is 3.30. The van der Waals surface area contributed by atoms with Crippen molar-refractivity contribution in [3.63, 3.8) is 0 Å². The van der Waals surface area contributed by atoms with Crippen molar-refractivity contribution in [3.05, 3.63) is 41.2 Å². The summed E-state index contributed by atoms with van der Waals surface area (Å²) < 4.78 is 1.89. The topological polar surface area (TPSA) is 103 Å². The number of nitrogens with zero attached hydrogens (tertiary/aromatic N) is 3. The molecule has 9 heteroatoms. The maximum Gasteiger partial charge on any atom is 0.260 e. The molecule has 0 atom stereocenters. The Morgan fingerprint density at radius 3 is 2.88 bits per heavy atom. The first-order chi connectivity index (χ1) is 11.6. The average Bonchev–Trinajstić information content (AvgIpc) is 3.14. The van der Waals surface area contributed by atoms with E-state index in [2.05, 4.69) is 15.3 Å². The lowest BCUT2D eigenvalue weighted by atomic mass is 10.3. The molecule has 3 N–H and O–H groups in total. The van der Waals surface area contributed by atoms with Gasteiger partial charge in [0.05, 0.1) is 23.0 Å². The Morgan fingerprint density at radius 1 is 1.38 bits per heavy atom. The van der Waals surface area contributed by atoms with E-state index in [9.17, 15) is 9.59 Å². The first-order valence-corrected chi connectivity index (χ1v) is 9.28. The van der Waals surface area contributed by atoms with Crippen molar-refractivity contribution in [1.29, 1.82) is 0 Å². The van der Waals surface area contributed by atoms with E-state index in [0.717, 1.165) is 28.2 Å². The van der Waals surface area contributed by atoms with Crippen molar-refractivity contribution in [1.82, 2.24) is 14.5 Å². The van der Waals surface area contributed by atoms with Crippen molar-refractivity contribution < 1.29 is 9.59 Å². The second kappa shape index (κ2) is 7.02. The number of benzene rings is 1. The number of carbonyl (C=O) groups excluding carboxylic acids is 2. The van der Waals surface area contributed by atoms with E-state index in [0.29, 0.717) is 15.8 Å². The number of nitrogens with one attached hydrogen (secondary N) is 1. The first kappa shape index (κ1) is 16.5. The molecule has 0 saturated heterocycles. The molecule has 0 fully saturated rings. The molecular weight excluding hydrogens is 346 g/mol. The summed E-state index contributed by atoms with van der Waals surface area (Å²) in [4.78, 5) is 32.3. The number of anilines is 1. The van der Waals surface area contributed by atoms with E-state index in [-0.39, 0.29) is 12.5 Å². The minimum absolute atomic E-state index is 0.127. The summed E-state index contributed by atoms with van der Waals surface area (Å²) >= 11 is 2.70. The number of hydrogen-bond acceptors (Lipinski definition) is 6.